The van der Waals surface area contributed by atoms with Crippen LogP contribution < -0.4 is 5.32 Å². The molecule has 20 heavy (non-hydrogen) atoms. The number of hydrogen-bond acceptors (Lipinski definition) is 3. The van der Waals surface area contributed by atoms with Crippen LogP contribution in [-0.4, -0.2) is 18.6 Å². The first-order chi connectivity index (χ1) is 9.60. The van der Waals surface area contributed by atoms with Crippen LogP contribution in [-0.2, 0) is 9.53 Å². The fraction of sp³-hybridized carbons (Fsp3) is 0.562. The molecule has 1 fully saturated rings. The molecule has 0 saturated heterocycles. The molecule has 0 bridgehead atoms. The third-order valence-electron chi connectivity index (χ3n) is 3.78. The highest BCUT2D eigenvalue weighted by molar-refractivity contribution is 9.10. The van der Waals surface area contributed by atoms with Gasteiger partial charge in [-0.15, -0.1) is 0 Å². The van der Waals surface area contributed by atoms with Crippen molar-refractivity contribution in [1.82, 2.24) is 0 Å². The second-order valence-corrected chi connectivity index (χ2v) is 6.29. The van der Waals surface area contributed by atoms with Gasteiger partial charge in [0.1, 0.15) is 0 Å². The molecule has 0 amide bonds. The molecule has 0 heterocycles. The second-order valence-electron chi connectivity index (χ2n) is 5.44. The average Bonchev–Trinajstić information content (AvgIpc) is 2.43. The molecular formula is C16H22BrNO2. The van der Waals surface area contributed by atoms with Crippen LogP contribution in [0, 0.1) is 12.8 Å². The van der Waals surface area contributed by atoms with Gasteiger partial charge in [0.2, 0.25) is 0 Å². The van der Waals surface area contributed by atoms with Crippen LogP contribution in [0.3, 0.4) is 0 Å². The van der Waals surface area contributed by atoms with E-state index in [9.17, 15) is 4.79 Å². The normalized spacial score (nSPS) is 22.4. The lowest BCUT2D eigenvalue weighted by molar-refractivity contribution is -0.149. The van der Waals surface area contributed by atoms with Gasteiger partial charge in [0.15, 0.2) is 0 Å². The van der Waals surface area contributed by atoms with Crippen LogP contribution in [0.15, 0.2) is 22.7 Å². The molecule has 0 spiro atoms. The van der Waals surface area contributed by atoms with Crippen LogP contribution in [0.2, 0.25) is 0 Å². The first-order valence-electron chi connectivity index (χ1n) is 7.29. The first kappa shape index (κ1) is 15.4. The molecule has 1 aliphatic carbocycles. The van der Waals surface area contributed by atoms with Gasteiger partial charge in [-0.2, -0.15) is 0 Å². The quantitative estimate of drug-likeness (QED) is 0.831. The summed E-state index contributed by atoms with van der Waals surface area (Å²) in [6.07, 6.45) is 3.99. The van der Waals surface area contributed by atoms with Crippen molar-refractivity contribution in [3.05, 3.63) is 28.2 Å². The van der Waals surface area contributed by atoms with E-state index in [-0.39, 0.29) is 11.9 Å². The van der Waals surface area contributed by atoms with Crippen LogP contribution in [0.4, 0.5) is 5.69 Å². The molecule has 1 saturated carbocycles. The molecule has 110 valence electrons. The summed E-state index contributed by atoms with van der Waals surface area (Å²) in [5, 5.41) is 3.56. The van der Waals surface area contributed by atoms with E-state index in [2.05, 4.69) is 46.4 Å². The summed E-state index contributed by atoms with van der Waals surface area (Å²) in [4.78, 5) is 11.9. The molecule has 1 N–H and O–H groups in total. The highest BCUT2D eigenvalue weighted by Gasteiger charge is 2.28. The van der Waals surface area contributed by atoms with E-state index >= 15 is 0 Å². The van der Waals surface area contributed by atoms with Gasteiger partial charge < -0.3 is 10.1 Å². The number of anilines is 1. The molecule has 0 aromatic heterocycles. The van der Waals surface area contributed by atoms with E-state index < -0.39 is 0 Å². The van der Waals surface area contributed by atoms with Crippen molar-refractivity contribution >= 4 is 27.6 Å². The first-order valence-corrected chi connectivity index (χ1v) is 8.08. The van der Waals surface area contributed by atoms with Gasteiger partial charge in [-0.05, 0) is 66.7 Å². The van der Waals surface area contributed by atoms with Crippen molar-refractivity contribution in [3.63, 3.8) is 0 Å². The maximum Gasteiger partial charge on any atom is 0.308 e. The smallest absolute Gasteiger partial charge is 0.308 e. The lowest BCUT2D eigenvalue weighted by Crippen LogP contribution is -2.32. The largest absolute Gasteiger partial charge is 0.466 e. The molecule has 2 rings (SSSR count). The lowest BCUT2D eigenvalue weighted by Gasteiger charge is -2.29. The van der Waals surface area contributed by atoms with Crippen molar-refractivity contribution in [3.8, 4) is 0 Å². The Morgan fingerprint density at radius 2 is 2.25 bits per heavy atom. The Kier molecular flexibility index (Phi) is 5.46. The molecule has 0 radical (unpaired) electrons. The maximum absolute atomic E-state index is 11.9. The minimum absolute atomic E-state index is 0.0395. The molecule has 1 aromatic carbocycles. The topological polar surface area (TPSA) is 38.3 Å². The number of aryl methyl sites for hydroxylation is 1. The zero-order valence-corrected chi connectivity index (χ0v) is 13.7. The van der Waals surface area contributed by atoms with Crippen LogP contribution in [0.5, 0.6) is 0 Å². The Balaban J connectivity index is 1.99. The number of esters is 1. The number of rotatable bonds is 4. The summed E-state index contributed by atoms with van der Waals surface area (Å²) in [5.41, 5.74) is 2.34. The van der Waals surface area contributed by atoms with Crippen LogP contribution in [0.1, 0.15) is 38.2 Å². The molecule has 2 atom stereocenters. The predicted octanol–water partition coefficient (Wildman–Crippen LogP) is 4.29. The van der Waals surface area contributed by atoms with E-state index in [1.54, 1.807) is 0 Å². The van der Waals surface area contributed by atoms with Crippen molar-refractivity contribution in [2.45, 2.75) is 45.6 Å². The molecule has 2 unspecified atom stereocenters. The summed E-state index contributed by atoms with van der Waals surface area (Å²) in [5.74, 6) is 0.00657. The van der Waals surface area contributed by atoms with E-state index in [1.807, 2.05) is 6.92 Å². The zero-order chi connectivity index (χ0) is 14.5. The summed E-state index contributed by atoms with van der Waals surface area (Å²) < 4.78 is 6.22. The Labute approximate surface area is 129 Å². The van der Waals surface area contributed by atoms with E-state index in [0.717, 1.165) is 35.8 Å². The van der Waals surface area contributed by atoms with Crippen molar-refractivity contribution in [1.29, 1.82) is 0 Å². The Hall–Kier alpha value is -1.03. The highest BCUT2D eigenvalue weighted by Crippen LogP contribution is 2.30. The molecular weight excluding hydrogens is 318 g/mol. The Bertz CT molecular complexity index is 476. The highest BCUT2D eigenvalue weighted by atomic mass is 79.9. The van der Waals surface area contributed by atoms with E-state index in [1.165, 1.54) is 5.56 Å². The third kappa shape index (κ3) is 3.98. The van der Waals surface area contributed by atoms with E-state index in [4.69, 9.17) is 4.74 Å². The van der Waals surface area contributed by atoms with Gasteiger partial charge in [0.05, 0.1) is 12.5 Å². The standard InChI is InChI=1S/C16H22BrNO2/c1-3-20-16(19)12-5-4-6-13(10-12)18-15-9-11(2)7-8-14(15)17/h7-9,12-13,18H,3-6,10H2,1-2H3. The van der Waals surface area contributed by atoms with Gasteiger partial charge in [-0.3, -0.25) is 4.79 Å². The average molecular weight is 340 g/mol. The number of ether oxygens (including phenoxy) is 1. The number of nitrogens with one attached hydrogen (secondary N) is 1. The molecule has 3 nitrogen and oxygen atoms in total. The lowest BCUT2D eigenvalue weighted by atomic mass is 9.85. The second kappa shape index (κ2) is 7.11. The molecule has 4 heteroatoms. The number of hydrogen-bond donors (Lipinski definition) is 1. The van der Waals surface area contributed by atoms with Crippen LogP contribution in [0.25, 0.3) is 0 Å². The van der Waals surface area contributed by atoms with E-state index in [0.29, 0.717) is 12.6 Å². The third-order valence-corrected chi connectivity index (χ3v) is 4.47. The van der Waals surface area contributed by atoms with Gasteiger partial charge in [-0.25, -0.2) is 0 Å². The van der Waals surface area contributed by atoms with Gasteiger partial charge in [0.25, 0.3) is 0 Å². The van der Waals surface area contributed by atoms with Crippen molar-refractivity contribution in [2.24, 2.45) is 5.92 Å². The minimum Gasteiger partial charge on any atom is -0.466 e. The predicted molar refractivity (Wildman–Crippen MR) is 84.9 cm³/mol. The molecule has 0 aliphatic heterocycles. The Morgan fingerprint density at radius 1 is 1.45 bits per heavy atom. The fourth-order valence-corrected chi connectivity index (χ4v) is 3.13. The number of carbonyl (C=O) groups excluding carboxylic acids is 1. The number of carbonyl (C=O) groups is 1. The van der Waals surface area contributed by atoms with Gasteiger partial charge in [-0.1, -0.05) is 12.5 Å². The molecule has 1 aliphatic rings. The minimum atomic E-state index is -0.0395. The zero-order valence-electron chi connectivity index (χ0n) is 12.1. The fourth-order valence-electron chi connectivity index (χ4n) is 2.76. The van der Waals surface area contributed by atoms with Gasteiger partial charge in [0, 0.05) is 16.2 Å². The van der Waals surface area contributed by atoms with Crippen molar-refractivity contribution < 1.29 is 9.53 Å². The van der Waals surface area contributed by atoms with Crippen LogP contribution >= 0.6 is 15.9 Å². The monoisotopic (exact) mass is 339 g/mol. The maximum atomic E-state index is 11.9. The number of benzene rings is 1. The Morgan fingerprint density at radius 3 is 3.00 bits per heavy atom. The summed E-state index contributed by atoms with van der Waals surface area (Å²) in [7, 11) is 0. The summed E-state index contributed by atoms with van der Waals surface area (Å²) in [6.45, 7) is 4.41. The van der Waals surface area contributed by atoms with Gasteiger partial charge >= 0.3 is 5.97 Å². The SMILES string of the molecule is CCOC(=O)C1CCCC(Nc2cc(C)ccc2Br)C1. The summed E-state index contributed by atoms with van der Waals surface area (Å²) >= 11 is 3.57. The molecule has 1 aromatic rings. The van der Waals surface area contributed by atoms with Crippen molar-refractivity contribution in [2.75, 3.05) is 11.9 Å². The number of halogens is 1. The summed E-state index contributed by atoms with van der Waals surface area (Å²) in [6, 6.07) is 6.62.